The van der Waals surface area contributed by atoms with Crippen molar-refractivity contribution in [3.63, 3.8) is 0 Å². The molecule has 3 aliphatic rings. The molecule has 0 unspecified atom stereocenters. The number of ether oxygens (including phenoxy) is 3. The minimum absolute atomic E-state index is 0.189. The fraction of sp³-hybridized carbons (Fsp3) is 0.680. The number of imide groups is 1. The molecule has 0 saturated carbocycles. The second kappa shape index (κ2) is 11.0. The fourth-order valence-corrected chi connectivity index (χ4v) is 4.58. The summed E-state index contributed by atoms with van der Waals surface area (Å²) in [5.41, 5.74) is -0.294. The van der Waals surface area contributed by atoms with Crippen molar-refractivity contribution >= 4 is 11.9 Å². The number of carbonyl (C=O) groups excluding carboxylic acids is 2. The summed E-state index contributed by atoms with van der Waals surface area (Å²) in [7, 11) is 0. The van der Waals surface area contributed by atoms with Crippen LogP contribution in [0.15, 0.2) is 24.3 Å². The van der Waals surface area contributed by atoms with Gasteiger partial charge in [0.25, 0.3) is 5.91 Å². The molecule has 9 nitrogen and oxygen atoms in total. The van der Waals surface area contributed by atoms with Crippen LogP contribution in [0.5, 0.6) is 5.75 Å². The first-order valence-corrected chi connectivity index (χ1v) is 12.4. The van der Waals surface area contributed by atoms with Crippen molar-refractivity contribution in [1.29, 1.82) is 0 Å². The van der Waals surface area contributed by atoms with Crippen LogP contribution in [0.2, 0.25) is 0 Å². The number of morpholine rings is 2. The van der Waals surface area contributed by atoms with Crippen LogP contribution in [0.3, 0.4) is 0 Å². The summed E-state index contributed by atoms with van der Waals surface area (Å²) in [5.74, 6) is 1.16. The van der Waals surface area contributed by atoms with Crippen LogP contribution in [-0.2, 0) is 19.8 Å². The maximum atomic E-state index is 13.8. The summed E-state index contributed by atoms with van der Waals surface area (Å²) in [6.07, 6.45) is 0.982. The number of urea groups is 1. The lowest BCUT2D eigenvalue weighted by molar-refractivity contribution is -0.135. The van der Waals surface area contributed by atoms with Gasteiger partial charge in [0.15, 0.2) is 0 Å². The minimum Gasteiger partial charge on any atom is -0.494 e. The Kier molecular flexibility index (Phi) is 8.08. The highest BCUT2D eigenvalue weighted by atomic mass is 16.5. The number of carbonyl (C=O) groups is 2. The molecule has 1 aromatic rings. The van der Waals surface area contributed by atoms with Gasteiger partial charge in [0.1, 0.15) is 11.3 Å². The molecule has 3 amide bonds. The maximum absolute atomic E-state index is 13.8. The van der Waals surface area contributed by atoms with Crippen molar-refractivity contribution < 1.29 is 23.8 Å². The fourth-order valence-electron chi connectivity index (χ4n) is 4.58. The third kappa shape index (κ3) is 5.38. The SMILES string of the molecule is CC(C)CCOc1ccc([C@]2(C)C(=O)N(CN3CCOCC3)C(=O)N2CN2CCOCC2)cc1. The molecule has 0 aliphatic carbocycles. The molecule has 3 heterocycles. The Balaban J connectivity index is 1.56. The molecule has 3 fully saturated rings. The minimum atomic E-state index is -1.09. The van der Waals surface area contributed by atoms with E-state index in [1.165, 1.54) is 4.90 Å². The van der Waals surface area contributed by atoms with Crippen LogP contribution < -0.4 is 4.74 Å². The average molecular weight is 475 g/mol. The molecule has 9 heteroatoms. The van der Waals surface area contributed by atoms with Crippen molar-refractivity contribution in [2.75, 3.05) is 72.6 Å². The van der Waals surface area contributed by atoms with Crippen LogP contribution in [0.4, 0.5) is 4.79 Å². The molecule has 0 N–H and O–H groups in total. The van der Waals surface area contributed by atoms with E-state index in [0.717, 1.165) is 30.8 Å². The second-order valence-electron chi connectivity index (χ2n) is 9.82. The number of nitrogens with zero attached hydrogens (tertiary/aromatic N) is 4. The summed E-state index contributed by atoms with van der Waals surface area (Å²) in [4.78, 5) is 34.8. The van der Waals surface area contributed by atoms with Crippen molar-refractivity contribution in [1.82, 2.24) is 19.6 Å². The number of hydrogen-bond donors (Lipinski definition) is 0. The predicted octanol–water partition coefficient (Wildman–Crippen LogP) is 2.17. The van der Waals surface area contributed by atoms with E-state index >= 15 is 0 Å². The molecule has 3 saturated heterocycles. The lowest BCUT2D eigenvalue weighted by atomic mass is 9.90. The Morgan fingerprint density at radius 3 is 2.03 bits per heavy atom. The molecule has 0 spiro atoms. The number of amides is 3. The van der Waals surface area contributed by atoms with Gasteiger partial charge in [-0.15, -0.1) is 0 Å². The molecule has 4 rings (SSSR count). The topological polar surface area (TPSA) is 74.8 Å². The van der Waals surface area contributed by atoms with Crippen molar-refractivity contribution in [3.8, 4) is 5.75 Å². The smallest absolute Gasteiger partial charge is 0.330 e. The monoisotopic (exact) mass is 474 g/mol. The lowest BCUT2D eigenvalue weighted by Crippen LogP contribution is -2.51. The van der Waals surface area contributed by atoms with E-state index in [1.54, 1.807) is 4.90 Å². The van der Waals surface area contributed by atoms with Crippen LogP contribution >= 0.6 is 0 Å². The van der Waals surface area contributed by atoms with E-state index in [0.29, 0.717) is 58.7 Å². The Labute approximate surface area is 202 Å². The van der Waals surface area contributed by atoms with Gasteiger partial charge in [0.05, 0.1) is 46.4 Å². The van der Waals surface area contributed by atoms with Gasteiger partial charge in [0.2, 0.25) is 0 Å². The van der Waals surface area contributed by atoms with Gasteiger partial charge < -0.3 is 14.2 Å². The Bertz CT molecular complexity index is 836. The van der Waals surface area contributed by atoms with E-state index in [9.17, 15) is 9.59 Å². The van der Waals surface area contributed by atoms with Crippen LogP contribution in [0.25, 0.3) is 0 Å². The molecule has 1 aromatic carbocycles. The first-order valence-electron chi connectivity index (χ1n) is 12.4. The van der Waals surface area contributed by atoms with E-state index in [1.807, 2.05) is 31.2 Å². The van der Waals surface area contributed by atoms with Gasteiger partial charge in [-0.25, -0.2) is 9.69 Å². The normalized spacial score (nSPS) is 24.9. The molecular formula is C25H38N4O5. The summed E-state index contributed by atoms with van der Waals surface area (Å²) in [6.45, 7) is 12.9. The summed E-state index contributed by atoms with van der Waals surface area (Å²) in [5, 5.41) is 0. The number of rotatable bonds is 9. The van der Waals surface area contributed by atoms with Gasteiger partial charge in [-0.1, -0.05) is 26.0 Å². The molecule has 3 aliphatic heterocycles. The van der Waals surface area contributed by atoms with Crippen molar-refractivity contribution in [2.24, 2.45) is 5.92 Å². The van der Waals surface area contributed by atoms with Crippen molar-refractivity contribution in [3.05, 3.63) is 29.8 Å². The summed E-state index contributed by atoms with van der Waals surface area (Å²) < 4.78 is 16.8. The number of hydrogen-bond acceptors (Lipinski definition) is 7. The lowest BCUT2D eigenvalue weighted by Gasteiger charge is -2.37. The van der Waals surface area contributed by atoms with Gasteiger partial charge in [0, 0.05) is 26.2 Å². The highest BCUT2D eigenvalue weighted by Gasteiger charge is 2.56. The van der Waals surface area contributed by atoms with Gasteiger partial charge >= 0.3 is 6.03 Å². The highest BCUT2D eigenvalue weighted by Crippen LogP contribution is 2.38. The largest absolute Gasteiger partial charge is 0.494 e. The third-order valence-corrected chi connectivity index (χ3v) is 6.93. The molecular weight excluding hydrogens is 436 g/mol. The highest BCUT2D eigenvalue weighted by molar-refractivity contribution is 6.07. The zero-order valence-corrected chi connectivity index (χ0v) is 20.7. The van der Waals surface area contributed by atoms with Crippen LogP contribution in [0, 0.1) is 5.92 Å². The van der Waals surface area contributed by atoms with Crippen LogP contribution in [0.1, 0.15) is 32.8 Å². The Morgan fingerprint density at radius 2 is 1.47 bits per heavy atom. The molecule has 0 bridgehead atoms. The van der Waals surface area contributed by atoms with E-state index < -0.39 is 5.54 Å². The zero-order valence-electron chi connectivity index (χ0n) is 20.7. The molecule has 188 valence electrons. The van der Waals surface area contributed by atoms with E-state index in [-0.39, 0.29) is 18.6 Å². The van der Waals surface area contributed by atoms with Gasteiger partial charge in [-0.05, 0) is 37.0 Å². The molecule has 34 heavy (non-hydrogen) atoms. The Morgan fingerprint density at radius 1 is 0.912 bits per heavy atom. The molecule has 0 aromatic heterocycles. The Hall–Kier alpha value is -2.20. The zero-order chi connectivity index (χ0) is 24.1. The van der Waals surface area contributed by atoms with Gasteiger partial charge in [-0.3, -0.25) is 19.5 Å². The molecule has 1 atom stereocenters. The van der Waals surface area contributed by atoms with E-state index in [4.69, 9.17) is 14.2 Å². The second-order valence-corrected chi connectivity index (χ2v) is 9.82. The first kappa shape index (κ1) is 24.9. The summed E-state index contributed by atoms with van der Waals surface area (Å²) in [6, 6.07) is 7.38. The van der Waals surface area contributed by atoms with Gasteiger partial charge in [-0.2, -0.15) is 0 Å². The third-order valence-electron chi connectivity index (χ3n) is 6.93. The maximum Gasteiger partial charge on any atom is 0.330 e. The van der Waals surface area contributed by atoms with E-state index in [2.05, 4.69) is 23.6 Å². The molecule has 0 radical (unpaired) electrons. The van der Waals surface area contributed by atoms with Crippen LogP contribution in [-0.4, -0.2) is 104 Å². The standard InChI is InChI=1S/C25H38N4O5/c1-20(2)8-13-34-22-6-4-21(5-7-22)25(3)23(30)28(18-26-9-14-32-15-10-26)24(31)29(25)19-27-11-16-33-17-12-27/h4-7,20H,8-19H2,1-3H3/t25-/m1/s1. The first-order chi connectivity index (χ1) is 16.4. The average Bonchev–Trinajstić information content (AvgIpc) is 3.02. The summed E-state index contributed by atoms with van der Waals surface area (Å²) >= 11 is 0. The predicted molar refractivity (Wildman–Crippen MR) is 127 cm³/mol. The van der Waals surface area contributed by atoms with Crippen molar-refractivity contribution in [2.45, 2.75) is 32.7 Å². The number of benzene rings is 1. The quantitative estimate of drug-likeness (QED) is 0.508.